The first-order valence-electron chi connectivity index (χ1n) is 7.03. The van der Waals surface area contributed by atoms with Crippen molar-refractivity contribution in [3.05, 3.63) is 39.2 Å². The number of carboxylic acids is 1. The van der Waals surface area contributed by atoms with E-state index in [9.17, 15) is 14.7 Å². The van der Waals surface area contributed by atoms with E-state index in [0.717, 1.165) is 21.8 Å². The molecule has 0 bridgehead atoms. The van der Waals surface area contributed by atoms with Gasteiger partial charge in [0.1, 0.15) is 4.32 Å². The maximum atomic E-state index is 12.6. The van der Waals surface area contributed by atoms with Gasteiger partial charge in [-0.15, -0.1) is 0 Å². The van der Waals surface area contributed by atoms with Crippen LogP contribution in [0.3, 0.4) is 0 Å². The summed E-state index contributed by atoms with van der Waals surface area (Å²) in [6, 6.07) is 6.44. The number of rotatable bonds is 5. The summed E-state index contributed by atoms with van der Waals surface area (Å²) in [5.74, 6) is -1.55. The second-order valence-corrected chi connectivity index (χ2v) is 8.16. The molecule has 1 amide bonds. The molecule has 0 N–H and O–H groups in total. The Kier molecular flexibility index (Phi) is 6.00. The molecule has 1 aliphatic heterocycles. The predicted octanol–water partition coefficient (Wildman–Crippen LogP) is 2.81. The number of carbonyl (C=O) groups is 2. The molecule has 1 atom stereocenters. The first kappa shape index (κ1) is 18.2. The monoisotopic (exact) mass is 412 g/mol. The van der Waals surface area contributed by atoms with E-state index < -0.39 is 12.0 Å². The molecule has 4 nitrogen and oxygen atoms in total. The van der Waals surface area contributed by atoms with Crippen molar-refractivity contribution in [2.75, 3.05) is 0 Å². The van der Waals surface area contributed by atoms with Gasteiger partial charge in [0.15, 0.2) is 0 Å². The van der Waals surface area contributed by atoms with Crippen molar-refractivity contribution >= 4 is 62.2 Å². The molecule has 1 heterocycles. The number of thiocarbonyl (C=S) groups is 1. The topological polar surface area (TPSA) is 60.4 Å². The number of carboxylic acid groups (broad SMARTS) is 1. The summed E-state index contributed by atoms with van der Waals surface area (Å²) in [7, 11) is 0. The summed E-state index contributed by atoms with van der Waals surface area (Å²) < 4.78 is 1.20. The molecule has 1 fully saturated rings. The Morgan fingerprint density at radius 1 is 1.39 bits per heavy atom. The lowest BCUT2D eigenvalue weighted by Crippen LogP contribution is -2.50. The number of carbonyl (C=O) groups excluding carboxylic acids is 2. The Bertz CT molecular complexity index is 670. The zero-order valence-corrected chi connectivity index (χ0v) is 15.8. The highest BCUT2D eigenvalue weighted by Gasteiger charge is 2.37. The van der Waals surface area contributed by atoms with E-state index in [0.29, 0.717) is 11.3 Å². The first-order chi connectivity index (χ1) is 10.8. The average Bonchev–Trinajstić information content (AvgIpc) is 2.73. The maximum Gasteiger partial charge on any atom is 0.266 e. The molecule has 1 aromatic carbocycles. The minimum atomic E-state index is -1.28. The van der Waals surface area contributed by atoms with E-state index in [4.69, 9.17) is 12.2 Å². The molecule has 0 saturated carbocycles. The van der Waals surface area contributed by atoms with Gasteiger partial charge in [0, 0.05) is 4.47 Å². The van der Waals surface area contributed by atoms with Gasteiger partial charge in [0.05, 0.1) is 16.9 Å². The van der Waals surface area contributed by atoms with Gasteiger partial charge in [0.25, 0.3) is 5.91 Å². The van der Waals surface area contributed by atoms with E-state index in [1.165, 1.54) is 4.90 Å². The molecule has 0 spiro atoms. The van der Waals surface area contributed by atoms with Gasteiger partial charge < -0.3 is 9.90 Å². The fourth-order valence-electron chi connectivity index (χ4n) is 2.21. The molecule has 1 aromatic rings. The van der Waals surface area contributed by atoms with E-state index in [-0.39, 0.29) is 16.1 Å². The summed E-state index contributed by atoms with van der Waals surface area (Å²) >= 11 is 9.68. The van der Waals surface area contributed by atoms with E-state index >= 15 is 0 Å². The van der Waals surface area contributed by atoms with E-state index in [2.05, 4.69) is 15.9 Å². The quantitative estimate of drug-likeness (QED) is 0.549. The number of nitrogens with zero attached hydrogens (tertiary/aromatic N) is 1. The largest absolute Gasteiger partial charge is 0.548 e. The zero-order chi connectivity index (χ0) is 17.1. The fraction of sp³-hybridized carbons (Fsp3) is 0.312. The highest BCUT2D eigenvalue weighted by Crippen LogP contribution is 2.35. The summed E-state index contributed by atoms with van der Waals surface area (Å²) in [6.07, 6.45) is 2.02. The number of halogens is 1. The fourth-order valence-corrected chi connectivity index (χ4v) is 3.83. The summed E-state index contributed by atoms with van der Waals surface area (Å²) in [6.45, 7) is 3.79. The summed E-state index contributed by atoms with van der Waals surface area (Å²) in [5, 5.41) is 11.4. The minimum Gasteiger partial charge on any atom is -0.548 e. The normalized spacial score (nSPS) is 18.1. The highest BCUT2D eigenvalue weighted by molar-refractivity contribution is 9.10. The van der Waals surface area contributed by atoms with Gasteiger partial charge in [0.2, 0.25) is 0 Å². The second-order valence-electron chi connectivity index (χ2n) is 5.57. The van der Waals surface area contributed by atoms with Crippen LogP contribution in [-0.2, 0) is 9.59 Å². The van der Waals surface area contributed by atoms with Crippen LogP contribution in [0.4, 0.5) is 0 Å². The summed E-state index contributed by atoms with van der Waals surface area (Å²) in [5.41, 5.74) is 0.850. The van der Waals surface area contributed by atoms with Crippen LogP contribution in [0.5, 0.6) is 0 Å². The van der Waals surface area contributed by atoms with Gasteiger partial charge in [-0.2, -0.15) is 0 Å². The van der Waals surface area contributed by atoms with Gasteiger partial charge in [-0.05, 0) is 36.1 Å². The number of aliphatic carboxylic acids is 1. The Morgan fingerprint density at radius 3 is 2.52 bits per heavy atom. The Labute approximate surface area is 153 Å². The van der Waals surface area contributed by atoms with Crippen molar-refractivity contribution in [3.8, 4) is 0 Å². The van der Waals surface area contributed by atoms with Crippen LogP contribution in [-0.4, -0.2) is 27.1 Å². The Hall–Kier alpha value is -1.18. The van der Waals surface area contributed by atoms with Crippen molar-refractivity contribution in [2.24, 2.45) is 5.92 Å². The highest BCUT2D eigenvalue weighted by atomic mass is 79.9. The number of thioether (sulfide) groups is 1. The van der Waals surface area contributed by atoms with Gasteiger partial charge in [-0.25, -0.2) is 0 Å². The maximum absolute atomic E-state index is 12.6. The molecule has 0 aromatic heterocycles. The van der Waals surface area contributed by atoms with Crippen LogP contribution < -0.4 is 5.11 Å². The van der Waals surface area contributed by atoms with Crippen molar-refractivity contribution in [2.45, 2.75) is 26.3 Å². The van der Waals surface area contributed by atoms with Gasteiger partial charge >= 0.3 is 0 Å². The van der Waals surface area contributed by atoms with Crippen LogP contribution >= 0.6 is 39.9 Å². The molecule has 122 valence electrons. The third-order valence-electron chi connectivity index (χ3n) is 3.27. The van der Waals surface area contributed by atoms with Crippen molar-refractivity contribution < 1.29 is 14.7 Å². The predicted molar refractivity (Wildman–Crippen MR) is 97.4 cm³/mol. The van der Waals surface area contributed by atoms with Crippen LogP contribution in [0.2, 0.25) is 0 Å². The van der Waals surface area contributed by atoms with Crippen molar-refractivity contribution in [1.29, 1.82) is 0 Å². The molecular formula is C16H15BrNO3S2-. The molecule has 23 heavy (non-hydrogen) atoms. The summed E-state index contributed by atoms with van der Waals surface area (Å²) in [4.78, 5) is 25.6. The second kappa shape index (κ2) is 7.59. The van der Waals surface area contributed by atoms with Gasteiger partial charge in [-0.3, -0.25) is 9.69 Å². The van der Waals surface area contributed by atoms with Crippen LogP contribution in [0.15, 0.2) is 33.6 Å². The first-order valence-corrected chi connectivity index (χ1v) is 9.05. The Morgan fingerprint density at radius 2 is 2.00 bits per heavy atom. The minimum absolute atomic E-state index is 0.109. The standard InChI is InChI=1S/C16H16BrNO3S2/c1-9(2)7-12(15(20)21)18-14(19)13(23-16(18)22)8-10-3-5-11(17)6-4-10/h3-6,8-9,12H,7H2,1-2H3,(H,20,21)/p-1/b13-8-/t12-/m1/s1. The van der Waals surface area contributed by atoms with E-state index in [1.807, 2.05) is 38.1 Å². The van der Waals surface area contributed by atoms with Crippen molar-refractivity contribution in [1.82, 2.24) is 4.90 Å². The van der Waals surface area contributed by atoms with Gasteiger partial charge in [-0.1, -0.05) is 65.9 Å². The molecule has 0 unspecified atom stereocenters. The molecule has 1 aliphatic rings. The molecule has 0 aliphatic carbocycles. The SMILES string of the molecule is CC(C)C[C@H](C(=O)[O-])N1C(=O)/C(=C/c2ccc(Br)cc2)SC1=S. The molecule has 7 heteroatoms. The van der Waals surface area contributed by atoms with E-state index in [1.54, 1.807) is 6.08 Å². The molecular weight excluding hydrogens is 398 g/mol. The molecule has 1 saturated heterocycles. The third kappa shape index (κ3) is 4.43. The smallest absolute Gasteiger partial charge is 0.266 e. The number of benzene rings is 1. The lowest BCUT2D eigenvalue weighted by atomic mass is 10.0. The lowest BCUT2D eigenvalue weighted by Gasteiger charge is -2.28. The zero-order valence-electron chi connectivity index (χ0n) is 12.6. The Balaban J connectivity index is 2.28. The van der Waals surface area contributed by atoms with Crippen LogP contribution in [0.1, 0.15) is 25.8 Å². The average molecular weight is 413 g/mol. The molecule has 2 rings (SSSR count). The number of hydrogen-bond donors (Lipinski definition) is 0. The number of hydrogen-bond acceptors (Lipinski definition) is 5. The molecule has 0 radical (unpaired) electrons. The van der Waals surface area contributed by atoms with Crippen molar-refractivity contribution in [3.63, 3.8) is 0 Å². The van der Waals surface area contributed by atoms with Crippen LogP contribution in [0.25, 0.3) is 6.08 Å². The van der Waals surface area contributed by atoms with Crippen LogP contribution in [0, 0.1) is 5.92 Å². The number of amides is 1. The third-order valence-corrected chi connectivity index (χ3v) is 5.13. The lowest BCUT2D eigenvalue weighted by molar-refractivity contribution is -0.310.